The number of anilines is 1. The second-order valence-corrected chi connectivity index (χ2v) is 6.99. The fourth-order valence-corrected chi connectivity index (χ4v) is 3.63. The molecule has 7 heteroatoms. The molecule has 1 aromatic heterocycles. The Morgan fingerprint density at radius 1 is 1.00 bits per heavy atom. The predicted octanol–water partition coefficient (Wildman–Crippen LogP) is 1.43. The summed E-state index contributed by atoms with van der Waals surface area (Å²) in [5, 5.41) is 2.86. The number of piperazine rings is 1. The molecule has 2 N–H and O–H groups in total. The van der Waals surface area contributed by atoms with E-state index >= 15 is 0 Å². The zero-order valence-electron chi connectivity index (χ0n) is 15.0. The molecule has 0 atom stereocenters. The van der Waals surface area contributed by atoms with Crippen molar-refractivity contribution in [2.24, 2.45) is 0 Å². The summed E-state index contributed by atoms with van der Waals surface area (Å²) in [6.07, 6.45) is 4.97. The number of nitrogens with zero attached hydrogens (tertiary/aromatic N) is 2. The van der Waals surface area contributed by atoms with E-state index in [9.17, 15) is 14.4 Å². The monoisotopic (exact) mass is 366 g/mol. The highest BCUT2D eigenvalue weighted by Crippen LogP contribution is 2.24. The molecule has 0 aliphatic carbocycles. The zero-order valence-corrected chi connectivity index (χ0v) is 15.0. The minimum atomic E-state index is 0.0000772. The predicted molar refractivity (Wildman–Crippen MR) is 100 cm³/mol. The van der Waals surface area contributed by atoms with Gasteiger partial charge in [-0.25, -0.2) is 0 Å². The standard InChI is InChI=1S/C20H22N4O3/c25-18-4-2-15-11-14(1-3-17(15)22-18)12-19(26)23-7-9-24(10-8-23)20(27)16-5-6-21-13-16/h1,3,5-6,11,13,21H,2,4,7-10,12H2,(H,22,25). The van der Waals surface area contributed by atoms with Crippen LogP contribution in [0.5, 0.6) is 0 Å². The number of carbonyl (C=O) groups excluding carboxylic acids is 3. The van der Waals surface area contributed by atoms with Crippen LogP contribution in [-0.4, -0.2) is 58.7 Å². The highest BCUT2D eigenvalue weighted by Gasteiger charge is 2.25. The Kier molecular flexibility index (Phi) is 4.66. The van der Waals surface area contributed by atoms with Crippen molar-refractivity contribution in [1.82, 2.24) is 14.8 Å². The zero-order chi connectivity index (χ0) is 18.8. The summed E-state index contributed by atoms with van der Waals surface area (Å²) >= 11 is 0. The summed E-state index contributed by atoms with van der Waals surface area (Å²) in [6, 6.07) is 7.55. The summed E-state index contributed by atoms with van der Waals surface area (Å²) in [4.78, 5) is 42.9. The summed E-state index contributed by atoms with van der Waals surface area (Å²) in [6.45, 7) is 2.20. The van der Waals surface area contributed by atoms with Gasteiger partial charge < -0.3 is 20.1 Å². The van der Waals surface area contributed by atoms with E-state index in [0.717, 1.165) is 16.8 Å². The van der Waals surface area contributed by atoms with E-state index in [1.165, 1.54) is 0 Å². The van der Waals surface area contributed by atoms with E-state index in [1.807, 2.05) is 23.1 Å². The summed E-state index contributed by atoms with van der Waals surface area (Å²) < 4.78 is 0. The largest absolute Gasteiger partial charge is 0.367 e. The molecule has 0 bridgehead atoms. The van der Waals surface area contributed by atoms with Gasteiger partial charge in [0.05, 0.1) is 12.0 Å². The van der Waals surface area contributed by atoms with E-state index in [1.54, 1.807) is 23.4 Å². The maximum absolute atomic E-state index is 12.6. The first-order valence-corrected chi connectivity index (χ1v) is 9.21. The summed E-state index contributed by atoms with van der Waals surface area (Å²) in [7, 11) is 0. The number of H-pyrrole nitrogens is 1. The molecule has 27 heavy (non-hydrogen) atoms. The molecule has 0 radical (unpaired) electrons. The van der Waals surface area contributed by atoms with Gasteiger partial charge in [-0.2, -0.15) is 0 Å². The van der Waals surface area contributed by atoms with E-state index in [4.69, 9.17) is 0 Å². The van der Waals surface area contributed by atoms with Gasteiger partial charge in [0.25, 0.3) is 5.91 Å². The lowest BCUT2D eigenvalue weighted by Crippen LogP contribution is -2.50. The van der Waals surface area contributed by atoms with Crippen molar-refractivity contribution < 1.29 is 14.4 Å². The minimum absolute atomic E-state index is 0.0000772. The Balaban J connectivity index is 1.33. The van der Waals surface area contributed by atoms with Gasteiger partial charge >= 0.3 is 0 Å². The van der Waals surface area contributed by atoms with Gasteiger partial charge in [0.2, 0.25) is 11.8 Å². The van der Waals surface area contributed by atoms with Gasteiger partial charge in [-0.3, -0.25) is 14.4 Å². The second-order valence-electron chi connectivity index (χ2n) is 6.99. The maximum atomic E-state index is 12.6. The normalized spacial score (nSPS) is 16.7. The van der Waals surface area contributed by atoms with E-state index in [-0.39, 0.29) is 17.7 Å². The van der Waals surface area contributed by atoms with Crippen LogP contribution in [0.2, 0.25) is 0 Å². The van der Waals surface area contributed by atoms with Crippen LogP contribution in [0.4, 0.5) is 5.69 Å². The van der Waals surface area contributed by atoms with Crippen molar-refractivity contribution in [3.8, 4) is 0 Å². The van der Waals surface area contributed by atoms with Gasteiger partial charge in [0.1, 0.15) is 0 Å². The number of carbonyl (C=O) groups is 3. The first-order valence-electron chi connectivity index (χ1n) is 9.21. The van der Waals surface area contributed by atoms with Crippen molar-refractivity contribution in [3.63, 3.8) is 0 Å². The molecule has 2 aromatic rings. The highest BCUT2D eigenvalue weighted by molar-refractivity contribution is 5.94. The number of aryl methyl sites for hydroxylation is 1. The van der Waals surface area contributed by atoms with Crippen molar-refractivity contribution in [2.75, 3.05) is 31.5 Å². The molecule has 7 nitrogen and oxygen atoms in total. The summed E-state index contributed by atoms with van der Waals surface area (Å²) in [5.41, 5.74) is 3.54. The number of hydrogen-bond donors (Lipinski definition) is 2. The van der Waals surface area contributed by atoms with E-state index in [2.05, 4.69) is 10.3 Å². The van der Waals surface area contributed by atoms with Crippen molar-refractivity contribution in [1.29, 1.82) is 0 Å². The first kappa shape index (κ1) is 17.3. The third kappa shape index (κ3) is 3.72. The molecule has 4 rings (SSSR count). The van der Waals surface area contributed by atoms with Crippen LogP contribution in [0.25, 0.3) is 0 Å². The van der Waals surface area contributed by atoms with E-state index < -0.39 is 0 Å². The van der Waals surface area contributed by atoms with Crippen molar-refractivity contribution in [2.45, 2.75) is 19.3 Å². The molecule has 2 aliphatic heterocycles. The van der Waals surface area contributed by atoms with Gasteiger partial charge in [0, 0.05) is 50.7 Å². The highest BCUT2D eigenvalue weighted by atomic mass is 16.2. The Labute approximate surface area is 157 Å². The average Bonchev–Trinajstić information content (AvgIpc) is 3.22. The van der Waals surface area contributed by atoms with Crippen molar-refractivity contribution in [3.05, 3.63) is 53.3 Å². The lowest BCUT2D eigenvalue weighted by atomic mass is 9.99. The molecule has 140 valence electrons. The minimum Gasteiger partial charge on any atom is -0.367 e. The number of rotatable bonds is 3. The molecule has 2 aliphatic rings. The molecule has 1 fully saturated rings. The van der Waals surface area contributed by atoms with Crippen LogP contribution < -0.4 is 5.32 Å². The van der Waals surface area contributed by atoms with Gasteiger partial charge in [-0.1, -0.05) is 12.1 Å². The number of nitrogens with one attached hydrogen (secondary N) is 2. The maximum Gasteiger partial charge on any atom is 0.255 e. The Bertz CT molecular complexity index is 867. The molecule has 0 unspecified atom stereocenters. The lowest BCUT2D eigenvalue weighted by molar-refractivity contribution is -0.132. The van der Waals surface area contributed by atoms with E-state index in [0.29, 0.717) is 51.0 Å². The third-order valence-corrected chi connectivity index (χ3v) is 5.18. The number of amides is 3. The Morgan fingerprint density at radius 3 is 2.52 bits per heavy atom. The molecule has 1 aromatic carbocycles. The second kappa shape index (κ2) is 7.26. The van der Waals surface area contributed by atoms with Crippen LogP contribution in [0, 0.1) is 0 Å². The van der Waals surface area contributed by atoms with Crippen molar-refractivity contribution >= 4 is 23.4 Å². The fourth-order valence-electron chi connectivity index (χ4n) is 3.63. The number of benzene rings is 1. The van der Waals surface area contributed by atoms with Crippen LogP contribution >= 0.6 is 0 Å². The first-order chi connectivity index (χ1) is 13.1. The molecule has 1 saturated heterocycles. The SMILES string of the molecule is O=C1CCc2cc(CC(=O)N3CCN(C(=O)c4cc[nH]c4)CC3)ccc2N1. The average molecular weight is 366 g/mol. The van der Waals surface area contributed by atoms with Crippen LogP contribution in [0.1, 0.15) is 27.9 Å². The molecule has 0 spiro atoms. The van der Waals surface area contributed by atoms with Crippen LogP contribution in [0.15, 0.2) is 36.7 Å². The topological polar surface area (TPSA) is 85.5 Å². The molecular weight excluding hydrogens is 344 g/mol. The van der Waals surface area contributed by atoms with Crippen LogP contribution in [0.3, 0.4) is 0 Å². The summed E-state index contributed by atoms with van der Waals surface area (Å²) in [5.74, 6) is 0.113. The molecule has 3 amide bonds. The third-order valence-electron chi connectivity index (χ3n) is 5.18. The molecule has 3 heterocycles. The fraction of sp³-hybridized carbons (Fsp3) is 0.350. The number of aromatic amines is 1. The molecule has 0 saturated carbocycles. The van der Waals surface area contributed by atoms with Gasteiger partial charge in [0.15, 0.2) is 0 Å². The van der Waals surface area contributed by atoms with Gasteiger partial charge in [-0.05, 0) is 29.7 Å². The quantitative estimate of drug-likeness (QED) is 0.862. The smallest absolute Gasteiger partial charge is 0.255 e. The number of aromatic nitrogens is 1. The number of hydrogen-bond acceptors (Lipinski definition) is 3. The lowest BCUT2D eigenvalue weighted by Gasteiger charge is -2.34. The number of fused-ring (bicyclic) bond motifs is 1. The Morgan fingerprint density at radius 2 is 1.78 bits per heavy atom. The van der Waals surface area contributed by atoms with Gasteiger partial charge in [-0.15, -0.1) is 0 Å². The Hall–Kier alpha value is -3.09. The molecular formula is C20H22N4O3. The van der Waals surface area contributed by atoms with Crippen LogP contribution in [-0.2, 0) is 22.4 Å².